The van der Waals surface area contributed by atoms with Crippen molar-refractivity contribution in [2.24, 2.45) is 5.41 Å². The predicted octanol–water partition coefficient (Wildman–Crippen LogP) is 3.86. The van der Waals surface area contributed by atoms with Gasteiger partial charge in [-0.2, -0.15) is 0 Å². The molecule has 0 saturated heterocycles. The van der Waals surface area contributed by atoms with Crippen LogP contribution in [0.4, 0.5) is 0 Å². The van der Waals surface area contributed by atoms with Gasteiger partial charge in [0.15, 0.2) is 0 Å². The zero-order valence-electron chi connectivity index (χ0n) is 12.2. The summed E-state index contributed by atoms with van der Waals surface area (Å²) in [6, 6.07) is 9.39. The Morgan fingerprint density at radius 2 is 1.79 bits per heavy atom. The largest absolute Gasteiger partial charge is 0.481 e. The van der Waals surface area contributed by atoms with Crippen molar-refractivity contribution >= 4 is 5.97 Å². The van der Waals surface area contributed by atoms with Crippen LogP contribution in [0.15, 0.2) is 30.3 Å². The molecule has 2 heteroatoms. The standard InChI is InChI=1S/C17H22O2/c1-5-17(15(18)19,13-9-12-16(2,3)4)14-10-7-6-8-11-14/h6-8,10-11H,5,13H2,1-4H3,(H,18,19). The average Bonchev–Trinajstić information content (AvgIpc) is 2.34. The van der Waals surface area contributed by atoms with Crippen LogP contribution in [0.25, 0.3) is 0 Å². The fraction of sp³-hybridized carbons (Fsp3) is 0.471. The van der Waals surface area contributed by atoms with Gasteiger partial charge >= 0.3 is 5.97 Å². The summed E-state index contributed by atoms with van der Waals surface area (Å²) in [5, 5.41) is 9.64. The Morgan fingerprint density at radius 3 is 2.21 bits per heavy atom. The van der Waals surface area contributed by atoms with Crippen molar-refractivity contribution in [3.8, 4) is 11.8 Å². The molecule has 1 atom stereocenters. The third-order valence-electron chi connectivity index (χ3n) is 3.19. The summed E-state index contributed by atoms with van der Waals surface area (Å²) >= 11 is 0. The molecule has 1 N–H and O–H groups in total. The quantitative estimate of drug-likeness (QED) is 0.833. The van der Waals surface area contributed by atoms with Crippen LogP contribution >= 0.6 is 0 Å². The number of benzene rings is 1. The first-order valence-electron chi connectivity index (χ1n) is 6.61. The van der Waals surface area contributed by atoms with Crippen LogP contribution < -0.4 is 0 Å². The highest BCUT2D eigenvalue weighted by Gasteiger charge is 2.37. The fourth-order valence-electron chi connectivity index (χ4n) is 2.00. The number of hydrogen-bond donors (Lipinski definition) is 1. The molecular weight excluding hydrogens is 236 g/mol. The molecule has 0 radical (unpaired) electrons. The molecule has 19 heavy (non-hydrogen) atoms. The van der Waals surface area contributed by atoms with Crippen LogP contribution in [0.2, 0.25) is 0 Å². The second-order valence-corrected chi connectivity index (χ2v) is 5.84. The first-order chi connectivity index (χ1) is 8.82. The van der Waals surface area contributed by atoms with Crippen LogP contribution in [0.1, 0.15) is 46.1 Å². The van der Waals surface area contributed by atoms with Gasteiger partial charge in [-0.15, -0.1) is 5.92 Å². The lowest BCUT2D eigenvalue weighted by Crippen LogP contribution is -2.34. The molecule has 0 amide bonds. The maximum Gasteiger partial charge on any atom is 0.315 e. The molecule has 2 nitrogen and oxygen atoms in total. The topological polar surface area (TPSA) is 37.3 Å². The van der Waals surface area contributed by atoms with E-state index < -0.39 is 11.4 Å². The van der Waals surface area contributed by atoms with Crippen molar-refractivity contribution in [1.82, 2.24) is 0 Å². The summed E-state index contributed by atoms with van der Waals surface area (Å²) in [5.74, 6) is 5.39. The maximum absolute atomic E-state index is 11.7. The number of hydrogen-bond acceptors (Lipinski definition) is 1. The van der Waals surface area contributed by atoms with Gasteiger partial charge in [0, 0.05) is 11.8 Å². The second kappa shape index (κ2) is 5.93. The Morgan fingerprint density at radius 1 is 1.21 bits per heavy atom. The summed E-state index contributed by atoms with van der Waals surface area (Å²) in [6.07, 6.45) is 0.880. The van der Waals surface area contributed by atoms with Crippen LogP contribution in [-0.4, -0.2) is 11.1 Å². The van der Waals surface area contributed by atoms with Crippen molar-refractivity contribution in [3.63, 3.8) is 0 Å². The highest BCUT2D eigenvalue weighted by atomic mass is 16.4. The lowest BCUT2D eigenvalue weighted by molar-refractivity contribution is -0.143. The highest BCUT2D eigenvalue weighted by molar-refractivity contribution is 5.81. The van der Waals surface area contributed by atoms with Crippen molar-refractivity contribution in [1.29, 1.82) is 0 Å². The van der Waals surface area contributed by atoms with E-state index in [-0.39, 0.29) is 5.41 Å². The van der Waals surface area contributed by atoms with E-state index in [2.05, 4.69) is 11.8 Å². The summed E-state index contributed by atoms with van der Waals surface area (Å²) in [6.45, 7) is 7.98. The van der Waals surface area contributed by atoms with E-state index in [1.54, 1.807) is 0 Å². The number of rotatable bonds is 4. The van der Waals surface area contributed by atoms with E-state index >= 15 is 0 Å². The minimum absolute atomic E-state index is 0.103. The van der Waals surface area contributed by atoms with E-state index in [1.165, 1.54) is 0 Å². The Balaban J connectivity index is 3.14. The molecule has 0 bridgehead atoms. The first-order valence-corrected chi connectivity index (χ1v) is 6.61. The molecular formula is C17H22O2. The minimum Gasteiger partial charge on any atom is -0.481 e. The molecule has 1 aromatic carbocycles. The van der Waals surface area contributed by atoms with Gasteiger partial charge in [0.1, 0.15) is 5.41 Å². The first kappa shape index (κ1) is 15.3. The van der Waals surface area contributed by atoms with Gasteiger partial charge in [-0.1, -0.05) is 43.2 Å². The van der Waals surface area contributed by atoms with E-state index in [4.69, 9.17) is 0 Å². The second-order valence-electron chi connectivity index (χ2n) is 5.84. The predicted molar refractivity (Wildman–Crippen MR) is 77.9 cm³/mol. The zero-order valence-corrected chi connectivity index (χ0v) is 12.2. The Labute approximate surface area is 115 Å². The Hall–Kier alpha value is -1.75. The van der Waals surface area contributed by atoms with Crippen molar-refractivity contribution in [2.45, 2.75) is 46.0 Å². The third-order valence-corrected chi connectivity index (χ3v) is 3.19. The molecule has 0 heterocycles. The van der Waals surface area contributed by atoms with E-state index in [0.29, 0.717) is 12.8 Å². The number of carboxylic acid groups (broad SMARTS) is 1. The van der Waals surface area contributed by atoms with Gasteiger partial charge in [-0.25, -0.2) is 0 Å². The van der Waals surface area contributed by atoms with Gasteiger partial charge in [0.25, 0.3) is 0 Å². The van der Waals surface area contributed by atoms with Gasteiger partial charge in [-0.05, 0) is 32.8 Å². The minimum atomic E-state index is -0.903. The Bertz CT molecular complexity index is 485. The summed E-state index contributed by atoms with van der Waals surface area (Å²) in [5.41, 5.74) is -0.179. The highest BCUT2D eigenvalue weighted by Crippen LogP contribution is 2.32. The van der Waals surface area contributed by atoms with E-state index in [9.17, 15) is 9.90 Å². The van der Waals surface area contributed by atoms with E-state index in [1.807, 2.05) is 58.0 Å². The number of aliphatic carboxylic acids is 1. The maximum atomic E-state index is 11.7. The molecule has 0 saturated carbocycles. The molecule has 0 aromatic heterocycles. The van der Waals surface area contributed by atoms with Gasteiger partial charge in [-0.3, -0.25) is 4.79 Å². The van der Waals surface area contributed by atoms with Gasteiger partial charge in [0.05, 0.1) is 0 Å². The molecule has 102 valence electrons. The van der Waals surface area contributed by atoms with Crippen LogP contribution in [0.5, 0.6) is 0 Å². The third kappa shape index (κ3) is 3.86. The lowest BCUT2D eigenvalue weighted by Gasteiger charge is -2.26. The van der Waals surface area contributed by atoms with Crippen LogP contribution in [-0.2, 0) is 10.2 Å². The van der Waals surface area contributed by atoms with Crippen molar-refractivity contribution in [3.05, 3.63) is 35.9 Å². The van der Waals surface area contributed by atoms with Crippen LogP contribution in [0.3, 0.4) is 0 Å². The average molecular weight is 258 g/mol. The Kier molecular flexibility index (Phi) is 4.78. The molecule has 0 fully saturated rings. The summed E-state index contributed by atoms with van der Waals surface area (Å²) < 4.78 is 0. The molecule has 1 aromatic rings. The SMILES string of the molecule is CCC(CC#CC(C)(C)C)(C(=O)O)c1ccccc1. The molecule has 1 rings (SSSR count). The van der Waals surface area contributed by atoms with Crippen molar-refractivity contribution < 1.29 is 9.90 Å². The normalized spacial score (nSPS) is 14.1. The summed E-state index contributed by atoms with van der Waals surface area (Å²) in [7, 11) is 0. The van der Waals surface area contributed by atoms with Crippen LogP contribution in [0, 0.1) is 17.3 Å². The van der Waals surface area contributed by atoms with Crippen molar-refractivity contribution in [2.75, 3.05) is 0 Å². The molecule has 0 aliphatic carbocycles. The van der Waals surface area contributed by atoms with E-state index in [0.717, 1.165) is 5.56 Å². The zero-order chi connectivity index (χ0) is 14.5. The molecule has 0 aliphatic rings. The number of carboxylic acids is 1. The smallest absolute Gasteiger partial charge is 0.315 e. The van der Waals surface area contributed by atoms with Gasteiger partial charge < -0.3 is 5.11 Å². The molecule has 0 spiro atoms. The number of carbonyl (C=O) groups is 1. The monoisotopic (exact) mass is 258 g/mol. The molecule has 1 unspecified atom stereocenters. The fourth-order valence-corrected chi connectivity index (χ4v) is 2.00. The lowest BCUT2D eigenvalue weighted by atomic mass is 9.75. The van der Waals surface area contributed by atoms with Gasteiger partial charge in [0.2, 0.25) is 0 Å². The molecule has 0 aliphatic heterocycles. The summed E-state index contributed by atoms with van der Waals surface area (Å²) in [4.78, 5) is 11.7.